The molecule has 1 aromatic heterocycles. The highest BCUT2D eigenvalue weighted by molar-refractivity contribution is 5.91. The molecular formula is C22H24N2O6. The fourth-order valence-electron chi connectivity index (χ4n) is 3.27. The Morgan fingerprint density at radius 3 is 2.73 bits per heavy atom. The first-order valence-electron chi connectivity index (χ1n) is 9.72. The number of oxazole rings is 1. The average Bonchev–Trinajstić information content (AvgIpc) is 3.26. The fraction of sp³-hybridized carbons (Fsp3) is 0.364. The second-order valence-electron chi connectivity index (χ2n) is 7.04. The largest absolute Gasteiger partial charge is 0.497 e. The maximum absolute atomic E-state index is 12.6. The molecule has 8 nitrogen and oxygen atoms in total. The maximum atomic E-state index is 12.6. The topological polar surface area (TPSA) is 83.3 Å². The van der Waals surface area contributed by atoms with E-state index in [1.54, 1.807) is 19.1 Å². The quantitative estimate of drug-likeness (QED) is 0.590. The van der Waals surface area contributed by atoms with Crippen molar-refractivity contribution in [1.82, 2.24) is 9.88 Å². The van der Waals surface area contributed by atoms with Crippen molar-refractivity contribution in [2.45, 2.75) is 12.7 Å². The van der Waals surface area contributed by atoms with Gasteiger partial charge < -0.3 is 28.3 Å². The molecule has 30 heavy (non-hydrogen) atoms. The summed E-state index contributed by atoms with van der Waals surface area (Å²) in [7, 11) is 3.34. The summed E-state index contributed by atoms with van der Waals surface area (Å²) in [6, 6.07) is 11.6. The Balaban J connectivity index is 1.36. The number of fused-ring (bicyclic) bond motifs is 1. The molecule has 2 aromatic carbocycles. The number of rotatable bonds is 7. The number of carbonyl (C=O) groups excluding carboxylic acids is 1. The van der Waals surface area contributed by atoms with Gasteiger partial charge in [0.25, 0.3) is 5.91 Å². The third-order valence-electron chi connectivity index (χ3n) is 4.86. The number of amides is 1. The molecule has 1 atom stereocenters. The molecule has 4 rings (SSSR count). The van der Waals surface area contributed by atoms with Crippen LogP contribution < -0.4 is 9.47 Å². The van der Waals surface area contributed by atoms with Crippen LogP contribution in [0.15, 0.2) is 47.1 Å². The van der Waals surface area contributed by atoms with Crippen molar-refractivity contribution >= 4 is 16.7 Å². The molecule has 1 aliphatic heterocycles. The normalized spacial score (nSPS) is 16.4. The smallest absolute Gasteiger partial charge is 0.275 e. The van der Waals surface area contributed by atoms with Crippen molar-refractivity contribution in [3.8, 4) is 11.5 Å². The van der Waals surface area contributed by atoms with Gasteiger partial charge >= 0.3 is 0 Å². The molecule has 0 unspecified atom stereocenters. The molecule has 1 fully saturated rings. The molecule has 0 bridgehead atoms. The third-order valence-corrected chi connectivity index (χ3v) is 4.86. The predicted molar refractivity (Wildman–Crippen MR) is 109 cm³/mol. The molecule has 0 N–H and O–H groups in total. The van der Waals surface area contributed by atoms with E-state index in [2.05, 4.69) is 4.98 Å². The summed E-state index contributed by atoms with van der Waals surface area (Å²) in [6.45, 7) is 2.16. The van der Waals surface area contributed by atoms with Crippen LogP contribution in [0.1, 0.15) is 16.4 Å². The van der Waals surface area contributed by atoms with Gasteiger partial charge in [-0.25, -0.2) is 4.98 Å². The van der Waals surface area contributed by atoms with Crippen molar-refractivity contribution in [2.75, 3.05) is 40.5 Å². The SMILES string of the molecule is COc1ccc2ccc(OCc3nc(C(=O)N(C)C[C@H]4COCCO4)co3)cc2c1. The summed E-state index contributed by atoms with van der Waals surface area (Å²) in [5.41, 5.74) is 0.232. The standard InChI is InChI=1S/C22H24N2O6/c1-24(11-19-12-27-7-8-28-19)22(25)20-13-30-21(23-20)14-29-18-6-4-15-3-5-17(26-2)9-16(15)10-18/h3-6,9-10,13,19H,7-8,11-12,14H2,1-2H3/t19-/m0/s1. The maximum Gasteiger partial charge on any atom is 0.275 e. The lowest BCUT2D eigenvalue weighted by atomic mass is 10.1. The van der Waals surface area contributed by atoms with Gasteiger partial charge in [-0.05, 0) is 35.0 Å². The average molecular weight is 412 g/mol. The van der Waals surface area contributed by atoms with Crippen LogP contribution in [0.2, 0.25) is 0 Å². The minimum absolute atomic E-state index is 0.117. The first-order valence-corrected chi connectivity index (χ1v) is 9.72. The van der Waals surface area contributed by atoms with Crippen molar-refractivity contribution < 1.29 is 28.2 Å². The molecule has 0 saturated carbocycles. The molecular weight excluding hydrogens is 388 g/mol. The molecule has 8 heteroatoms. The number of benzene rings is 2. The zero-order valence-corrected chi connectivity index (χ0v) is 17.0. The number of aromatic nitrogens is 1. The minimum atomic E-state index is -0.239. The Morgan fingerprint density at radius 1 is 1.17 bits per heavy atom. The molecule has 1 saturated heterocycles. The Bertz CT molecular complexity index is 1010. The van der Waals surface area contributed by atoms with Gasteiger partial charge in [-0.1, -0.05) is 12.1 Å². The van der Waals surface area contributed by atoms with Crippen molar-refractivity contribution in [3.63, 3.8) is 0 Å². The van der Waals surface area contributed by atoms with Crippen LogP contribution in [0.25, 0.3) is 10.8 Å². The fourth-order valence-corrected chi connectivity index (χ4v) is 3.27. The first kappa shape index (κ1) is 20.2. The lowest BCUT2D eigenvalue weighted by molar-refractivity contribution is -0.0933. The number of hydrogen-bond acceptors (Lipinski definition) is 7. The van der Waals surface area contributed by atoms with E-state index in [1.165, 1.54) is 6.26 Å². The van der Waals surface area contributed by atoms with Crippen LogP contribution in [-0.4, -0.2) is 62.4 Å². The molecule has 1 amide bonds. The van der Waals surface area contributed by atoms with Gasteiger partial charge in [-0.2, -0.15) is 0 Å². The molecule has 0 aliphatic carbocycles. The van der Waals surface area contributed by atoms with E-state index < -0.39 is 0 Å². The van der Waals surface area contributed by atoms with Gasteiger partial charge in [-0.15, -0.1) is 0 Å². The second-order valence-corrected chi connectivity index (χ2v) is 7.04. The van der Waals surface area contributed by atoms with Crippen LogP contribution in [0.5, 0.6) is 11.5 Å². The van der Waals surface area contributed by atoms with Gasteiger partial charge in [0, 0.05) is 13.6 Å². The number of methoxy groups -OCH3 is 1. The van der Waals surface area contributed by atoms with Crippen LogP contribution in [0.3, 0.4) is 0 Å². The molecule has 1 aliphatic rings. The van der Waals surface area contributed by atoms with Gasteiger partial charge in [-0.3, -0.25) is 4.79 Å². The monoisotopic (exact) mass is 412 g/mol. The predicted octanol–water partition coefficient (Wildman–Crippen LogP) is 2.90. The Morgan fingerprint density at radius 2 is 1.97 bits per heavy atom. The number of carbonyl (C=O) groups is 1. The van der Waals surface area contributed by atoms with Crippen LogP contribution in [0.4, 0.5) is 0 Å². The van der Waals surface area contributed by atoms with Crippen molar-refractivity contribution in [2.24, 2.45) is 0 Å². The van der Waals surface area contributed by atoms with E-state index in [9.17, 15) is 4.79 Å². The third kappa shape index (κ3) is 4.72. The number of nitrogens with zero attached hydrogens (tertiary/aromatic N) is 2. The first-order chi connectivity index (χ1) is 14.6. The molecule has 2 heterocycles. The number of hydrogen-bond donors (Lipinski definition) is 0. The van der Waals surface area contributed by atoms with Crippen LogP contribution in [-0.2, 0) is 16.1 Å². The second kappa shape index (κ2) is 9.15. The van der Waals surface area contributed by atoms with Crippen molar-refractivity contribution in [3.05, 3.63) is 54.2 Å². The van der Waals surface area contributed by atoms with E-state index in [-0.39, 0.29) is 24.3 Å². The lowest BCUT2D eigenvalue weighted by Gasteiger charge is -2.27. The van der Waals surface area contributed by atoms with Crippen LogP contribution in [0, 0.1) is 0 Å². The number of ether oxygens (including phenoxy) is 4. The van der Waals surface area contributed by atoms with Gasteiger partial charge in [0.15, 0.2) is 12.3 Å². The van der Waals surface area contributed by atoms with E-state index in [4.69, 9.17) is 23.4 Å². The van der Waals surface area contributed by atoms with E-state index >= 15 is 0 Å². The summed E-state index contributed by atoms with van der Waals surface area (Å²) < 4.78 is 27.4. The summed E-state index contributed by atoms with van der Waals surface area (Å²) in [5, 5.41) is 2.09. The van der Waals surface area contributed by atoms with E-state index in [0.717, 1.165) is 16.5 Å². The van der Waals surface area contributed by atoms with Gasteiger partial charge in [0.1, 0.15) is 17.8 Å². The zero-order chi connectivity index (χ0) is 20.9. The van der Waals surface area contributed by atoms with E-state index in [0.29, 0.717) is 38.0 Å². The highest BCUT2D eigenvalue weighted by Crippen LogP contribution is 2.25. The Hall–Kier alpha value is -3.10. The summed E-state index contributed by atoms with van der Waals surface area (Å²) in [6.07, 6.45) is 1.22. The Kier molecular flexibility index (Phi) is 6.15. The van der Waals surface area contributed by atoms with Gasteiger partial charge in [0.2, 0.25) is 5.89 Å². The highest BCUT2D eigenvalue weighted by Gasteiger charge is 2.22. The molecule has 158 valence electrons. The number of likely N-dealkylation sites (N-methyl/N-ethyl adjacent to an activating group) is 1. The van der Waals surface area contributed by atoms with Crippen LogP contribution >= 0.6 is 0 Å². The highest BCUT2D eigenvalue weighted by atomic mass is 16.6. The Labute approximate surface area is 174 Å². The molecule has 3 aromatic rings. The zero-order valence-electron chi connectivity index (χ0n) is 17.0. The lowest BCUT2D eigenvalue weighted by Crippen LogP contribution is -2.40. The summed E-state index contributed by atoms with van der Waals surface area (Å²) in [5.74, 6) is 1.55. The summed E-state index contributed by atoms with van der Waals surface area (Å²) >= 11 is 0. The van der Waals surface area contributed by atoms with Crippen molar-refractivity contribution in [1.29, 1.82) is 0 Å². The van der Waals surface area contributed by atoms with E-state index in [1.807, 2.05) is 36.4 Å². The summed E-state index contributed by atoms with van der Waals surface area (Å²) in [4.78, 5) is 18.4. The molecule has 0 spiro atoms. The van der Waals surface area contributed by atoms with Gasteiger partial charge in [0.05, 0.1) is 33.0 Å². The molecule has 0 radical (unpaired) electrons. The minimum Gasteiger partial charge on any atom is -0.497 e.